The summed E-state index contributed by atoms with van der Waals surface area (Å²) >= 11 is 0. The van der Waals surface area contributed by atoms with Gasteiger partial charge in [-0.05, 0) is 85.3 Å². The zero-order chi connectivity index (χ0) is 15.9. The van der Waals surface area contributed by atoms with Gasteiger partial charge in [0.25, 0.3) is 0 Å². The van der Waals surface area contributed by atoms with Gasteiger partial charge in [-0.15, -0.1) is 0 Å². The molecule has 0 aliphatic heterocycles. The van der Waals surface area contributed by atoms with Gasteiger partial charge in [-0.3, -0.25) is 0 Å². The molecule has 0 aromatic heterocycles. The molecule has 0 heterocycles. The highest BCUT2D eigenvalue weighted by Crippen LogP contribution is 2.43. The molecular weight excluding hydrogens is 266 g/mol. The second-order valence-electron chi connectivity index (χ2n) is 6.85. The zero-order valence-corrected chi connectivity index (χ0v) is 14.5. The van der Waals surface area contributed by atoms with Gasteiger partial charge in [0, 0.05) is 7.47 Å². The summed E-state index contributed by atoms with van der Waals surface area (Å²) in [6.07, 6.45) is 10.9. The van der Waals surface area contributed by atoms with Crippen molar-refractivity contribution in [1.82, 2.24) is 0 Å². The molecule has 1 nitrogen and oxygen atoms in total. The molecule has 1 heteroatoms. The van der Waals surface area contributed by atoms with Crippen LogP contribution in [0, 0.1) is 12.8 Å². The molecule has 120 valence electrons. The first-order valence-corrected chi connectivity index (χ1v) is 8.92. The third-order valence-corrected chi connectivity index (χ3v) is 5.29. The fourth-order valence-corrected chi connectivity index (χ4v) is 3.96. The minimum absolute atomic E-state index is 0. The minimum Gasteiger partial charge on any atom is -0.327 e. The van der Waals surface area contributed by atoms with Crippen LogP contribution < -0.4 is 5.73 Å². The molecule has 0 bridgehead atoms. The molecule has 3 aliphatic carbocycles. The van der Waals surface area contributed by atoms with E-state index in [0.717, 1.165) is 25.2 Å². The van der Waals surface area contributed by atoms with Gasteiger partial charge < -0.3 is 5.73 Å². The van der Waals surface area contributed by atoms with Crippen LogP contribution in [0.25, 0.3) is 6.08 Å². The molecule has 0 spiro atoms. The van der Waals surface area contributed by atoms with Gasteiger partial charge in [0.15, 0.2) is 0 Å². The van der Waals surface area contributed by atoms with E-state index >= 15 is 0 Å². The van der Waals surface area contributed by atoms with E-state index in [2.05, 4.69) is 32.1 Å². The lowest BCUT2D eigenvalue weighted by Crippen LogP contribution is -2.19. The highest BCUT2D eigenvalue weighted by Gasteiger charge is 2.29. The first-order valence-electron chi connectivity index (χ1n) is 8.92. The number of fused-ring (bicyclic) bond motifs is 2. The molecule has 3 aliphatic rings. The number of allylic oxidation sites excluding steroid dienone is 3. The van der Waals surface area contributed by atoms with Crippen molar-refractivity contribution in [1.29, 1.82) is 0 Å². The molecule has 1 fully saturated rings. The summed E-state index contributed by atoms with van der Waals surface area (Å²) in [7, 11) is 0. The van der Waals surface area contributed by atoms with Crippen LogP contribution in [-0.4, -0.2) is 6.04 Å². The molecule has 4 rings (SSSR count). The molecule has 22 heavy (non-hydrogen) atoms. The SMILES string of the molecule is CC.CC1=CCc2cc3c(c(C)c2C=C1C1CC1)C[C@H](N)C3.[HH]. The summed E-state index contributed by atoms with van der Waals surface area (Å²) in [4.78, 5) is 0. The Morgan fingerprint density at radius 1 is 1.09 bits per heavy atom. The standard InChI is InChI=1S/C19H23N.C2H6.H2/c1-11-3-4-14-7-15-8-16(20)9-18(15)12(2)19(14)10-17(11)13-5-6-13;1-2;/h3,7,10,13,16H,4-6,8-9,20H2,1-2H3;1-2H3;1H/t16-;;/m1../s1. The Morgan fingerprint density at radius 3 is 2.50 bits per heavy atom. The molecular formula is C21H31N. The number of rotatable bonds is 1. The van der Waals surface area contributed by atoms with E-state index in [1.165, 1.54) is 46.2 Å². The van der Waals surface area contributed by atoms with Crippen molar-refractivity contribution in [2.75, 3.05) is 0 Å². The molecule has 1 aromatic carbocycles. The Hall–Kier alpha value is -1.34. The van der Waals surface area contributed by atoms with Crippen molar-refractivity contribution in [3.63, 3.8) is 0 Å². The van der Waals surface area contributed by atoms with Crippen LogP contribution in [-0.2, 0) is 19.3 Å². The number of benzene rings is 1. The Balaban J connectivity index is 0.000000617. The van der Waals surface area contributed by atoms with Gasteiger partial charge in [0.05, 0.1) is 0 Å². The number of hydrogen-bond acceptors (Lipinski definition) is 1. The first-order chi connectivity index (χ1) is 10.6. The van der Waals surface area contributed by atoms with E-state index in [-0.39, 0.29) is 1.43 Å². The van der Waals surface area contributed by atoms with Gasteiger partial charge in [-0.1, -0.05) is 37.6 Å². The van der Waals surface area contributed by atoms with Crippen LogP contribution in [0.15, 0.2) is 23.3 Å². The summed E-state index contributed by atoms with van der Waals surface area (Å²) < 4.78 is 0. The lowest BCUT2D eigenvalue weighted by Gasteiger charge is -2.13. The number of nitrogens with two attached hydrogens (primary N) is 1. The highest BCUT2D eigenvalue weighted by molar-refractivity contribution is 5.69. The second kappa shape index (κ2) is 6.04. The molecule has 0 amide bonds. The van der Waals surface area contributed by atoms with Crippen LogP contribution in [0.3, 0.4) is 0 Å². The van der Waals surface area contributed by atoms with Crippen molar-refractivity contribution < 1.29 is 1.43 Å². The lowest BCUT2D eigenvalue weighted by molar-refractivity contribution is 0.720. The molecule has 1 saturated carbocycles. The fraction of sp³-hybridized carbons (Fsp3) is 0.524. The van der Waals surface area contributed by atoms with Crippen molar-refractivity contribution in [2.24, 2.45) is 11.7 Å². The average molecular weight is 297 g/mol. The third-order valence-electron chi connectivity index (χ3n) is 5.29. The molecule has 0 unspecified atom stereocenters. The van der Waals surface area contributed by atoms with Crippen molar-refractivity contribution in [3.8, 4) is 0 Å². The Bertz CT molecular complexity index is 650. The maximum atomic E-state index is 6.16. The van der Waals surface area contributed by atoms with E-state index in [4.69, 9.17) is 5.73 Å². The minimum atomic E-state index is 0. The van der Waals surface area contributed by atoms with Crippen LogP contribution in [0.4, 0.5) is 0 Å². The number of hydrogen-bond donors (Lipinski definition) is 1. The topological polar surface area (TPSA) is 26.0 Å². The van der Waals surface area contributed by atoms with E-state index in [9.17, 15) is 0 Å². The van der Waals surface area contributed by atoms with Crippen LogP contribution in [0.5, 0.6) is 0 Å². The molecule has 1 atom stereocenters. The van der Waals surface area contributed by atoms with Crippen molar-refractivity contribution in [3.05, 3.63) is 51.1 Å². The third kappa shape index (κ3) is 2.67. The predicted molar refractivity (Wildman–Crippen MR) is 98.2 cm³/mol. The molecule has 0 saturated heterocycles. The summed E-state index contributed by atoms with van der Waals surface area (Å²) in [5, 5.41) is 0. The Kier molecular flexibility index (Phi) is 4.27. The van der Waals surface area contributed by atoms with Gasteiger partial charge >= 0.3 is 0 Å². The molecule has 1 aromatic rings. The van der Waals surface area contributed by atoms with Crippen LogP contribution >= 0.6 is 0 Å². The Labute approximate surface area is 136 Å². The average Bonchev–Trinajstić information content (AvgIpc) is 3.29. The quantitative estimate of drug-likeness (QED) is 0.776. The van der Waals surface area contributed by atoms with E-state index in [1.54, 1.807) is 5.57 Å². The van der Waals surface area contributed by atoms with E-state index in [0.29, 0.717) is 6.04 Å². The zero-order valence-electron chi connectivity index (χ0n) is 14.5. The van der Waals surface area contributed by atoms with Gasteiger partial charge in [0.2, 0.25) is 0 Å². The smallest absolute Gasteiger partial charge is 0.0120 e. The summed E-state index contributed by atoms with van der Waals surface area (Å²) in [5.41, 5.74) is 16.8. The van der Waals surface area contributed by atoms with Crippen molar-refractivity contribution in [2.45, 2.75) is 65.8 Å². The second-order valence-corrected chi connectivity index (χ2v) is 6.85. The maximum absolute atomic E-state index is 6.16. The fourth-order valence-electron chi connectivity index (χ4n) is 3.96. The largest absolute Gasteiger partial charge is 0.327 e. The normalized spacial score (nSPS) is 22.7. The summed E-state index contributed by atoms with van der Waals surface area (Å²) in [6, 6.07) is 2.76. The highest BCUT2D eigenvalue weighted by atomic mass is 14.6. The van der Waals surface area contributed by atoms with E-state index < -0.39 is 0 Å². The van der Waals surface area contributed by atoms with Gasteiger partial charge in [-0.25, -0.2) is 0 Å². The maximum Gasteiger partial charge on any atom is 0.0120 e. The first kappa shape index (κ1) is 15.6. The van der Waals surface area contributed by atoms with E-state index in [1.807, 2.05) is 13.8 Å². The lowest BCUT2D eigenvalue weighted by atomic mass is 9.91. The monoisotopic (exact) mass is 297 g/mol. The summed E-state index contributed by atoms with van der Waals surface area (Å²) in [5.74, 6) is 0.826. The van der Waals surface area contributed by atoms with Crippen LogP contribution in [0.2, 0.25) is 0 Å². The predicted octanol–water partition coefficient (Wildman–Crippen LogP) is 4.99. The summed E-state index contributed by atoms with van der Waals surface area (Å²) in [6.45, 7) is 8.59. The van der Waals surface area contributed by atoms with Crippen LogP contribution in [0.1, 0.15) is 62.9 Å². The van der Waals surface area contributed by atoms with Gasteiger partial charge in [0.1, 0.15) is 0 Å². The van der Waals surface area contributed by atoms with Crippen molar-refractivity contribution >= 4 is 6.08 Å². The Morgan fingerprint density at radius 2 is 1.82 bits per heavy atom. The molecule has 0 radical (unpaired) electrons. The molecule has 2 N–H and O–H groups in total. The van der Waals surface area contributed by atoms with Gasteiger partial charge in [-0.2, -0.15) is 0 Å².